The summed E-state index contributed by atoms with van der Waals surface area (Å²) in [5.74, 6) is 0.697. The second-order valence-corrected chi connectivity index (χ2v) is 8.38. The number of hydrogen-bond acceptors (Lipinski definition) is 4. The number of hydrogen-bond donors (Lipinski definition) is 0. The molecule has 3 heterocycles. The van der Waals surface area contributed by atoms with Gasteiger partial charge in [-0.2, -0.15) is 0 Å². The maximum Gasteiger partial charge on any atom is 0.248 e. The van der Waals surface area contributed by atoms with Crippen LogP contribution in [0.4, 0.5) is 0 Å². The third kappa shape index (κ3) is 5.67. The van der Waals surface area contributed by atoms with E-state index in [0.29, 0.717) is 18.6 Å². The number of carbonyl (C=O) groups is 2. The second-order valence-electron chi connectivity index (χ2n) is 8.38. The van der Waals surface area contributed by atoms with Crippen LogP contribution in [-0.4, -0.2) is 85.0 Å². The average Bonchev–Trinajstić information content (AvgIpc) is 3.25. The highest BCUT2D eigenvalue weighted by Crippen LogP contribution is 2.26. The molecule has 0 radical (unpaired) electrons. The van der Waals surface area contributed by atoms with Crippen molar-refractivity contribution in [3.63, 3.8) is 0 Å². The number of unbranched alkanes of at least 4 members (excludes halogenated alkanes) is 1. The molecular weight excluding hydrogens is 342 g/mol. The molecule has 0 saturated carbocycles. The van der Waals surface area contributed by atoms with Crippen LogP contribution >= 0.6 is 0 Å². The zero-order chi connectivity index (χ0) is 19.1. The molecule has 0 unspecified atom stereocenters. The summed E-state index contributed by atoms with van der Waals surface area (Å²) >= 11 is 0. The smallest absolute Gasteiger partial charge is 0.248 e. The van der Waals surface area contributed by atoms with Gasteiger partial charge in [0.25, 0.3) is 0 Å². The van der Waals surface area contributed by atoms with E-state index < -0.39 is 0 Å². The minimum Gasteiger partial charge on any atom is -0.372 e. The van der Waals surface area contributed by atoms with Gasteiger partial charge in [0.2, 0.25) is 11.8 Å². The molecule has 0 aromatic rings. The first kappa shape index (κ1) is 20.6. The summed E-state index contributed by atoms with van der Waals surface area (Å²) in [5.41, 5.74) is 0. The van der Waals surface area contributed by atoms with Crippen molar-refractivity contribution in [3.05, 3.63) is 0 Å². The molecule has 0 aromatic carbocycles. The van der Waals surface area contributed by atoms with E-state index in [1.807, 2.05) is 4.90 Å². The Balaban J connectivity index is 1.41. The van der Waals surface area contributed by atoms with Crippen LogP contribution in [0, 0.1) is 5.92 Å². The van der Waals surface area contributed by atoms with Crippen LogP contribution in [0.25, 0.3) is 0 Å². The molecule has 3 saturated heterocycles. The third-order valence-corrected chi connectivity index (χ3v) is 6.42. The molecular formula is C21H37N3O3. The summed E-state index contributed by atoms with van der Waals surface area (Å²) in [6.07, 6.45) is 8.63. The van der Waals surface area contributed by atoms with Crippen molar-refractivity contribution < 1.29 is 14.3 Å². The lowest BCUT2D eigenvalue weighted by Crippen LogP contribution is -2.52. The standard InChI is InChI=1S/C21H37N3O3/c1-2-3-15-27-17-20(25)22-13-8-19(9-14-22)24-12-6-7-18(16-24)21(26)23-10-4-5-11-23/h18-19H,2-17H2,1H3/t18-/m1/s1. The Kier molecular flexibility index (Phi) is 7.94. The van der Waals surface area contributed by atoms with Gasteiger partial charge in [0.1, 0.15) is 6.61 Å². The summed E-state index contributed by atoms with van der Waals surface area (Å²) < 4.78 is 5.48. The van der Waals surface area contributed by atoms with Gasteiger partial charge < -0.3 is 14.5 Å². The molecule has 6 nitrogen and oxygen atoms in total. The fourth-order valence-electron chi connectivity index (χ4n) is 4.71. The van der Waals surface area contributed by atoms with Crippen LogP contribution in [0.2, 0.25) is 0 Å². The van der Waals surface area contributed by atoms with Crippen LogP contribution in [0.5, 0.6) is 0 Å². The van der Waals surface area contributed by atoms with E-state index in [4.69, 9.17) is 4.74 Å². The van der Waals surface area contributed by atoms with E-state index in [1.54, 1.807) is 0 Å². The van der Waals surface area contributed by atoms with Crippen molar-refractivity contribution >= 4 is 11.8 Å². The molecule has 3 fully saturated rings. The third-order valence-electron chi connectivity index (χ3n) is 6.42. The number of carbonyl (C=O) groups excluding carboxylic acids is 2. The van der Waals surface area contributed by atoms with Crippen LogP contribution in [0.15, 0.2) is 0 Å². The van der Waals surface area contributed by atoms with Gasteiger partial charge in [-0.15, -0.1) is 0 Å². The Morgan fingerprint density at radius 3 is 2.37 bits per heavy atom. The summed E-state index contributed by atoms with van der Waals surface area (Å²) in [6, 6.07) is 0.518. The van der Waals surface area contributed by atoms with Gasteiger partial charge >= 0.3 is 0 Å². The predicted molar refractivity (Wildman–Crippen MR) is 105 cm³/mol. The van der Waals surface area contributed by atoms with Gasteiger partial charge in [-0.05, 0) is 51.5 Å². The lowest BCUT2D eigenvalue weighted by molar-refractivity contribution is -0.138. The number of likely N-dealkylation sites (tertiary alicyclic amines) is 3. The second kappa shape index (κ2) is 10.4. The normalized spacial score (nSPS) is 25.1. The first-order valence-corrected chi connectivity index (χ1v) is 11.1. The molecule has 3 aliphatic heterocycles. The first-order valence-electron chi connectivity index (χ1n) is 11.1. The molecule has 0 aromatic heterocycles. The molecule has 0 spiro atoms. The molecule has 0 aliphatic carbocycles. The highest BCUT2D eigenvalue weighted by atomic mass is 16.5. The monoisotopic (exact) mass is 379 g/mol. The Labute approximate surface area is 164 Å². The molecule has 6 heteroatoms. The van der Waals surface area contributed by atoms with Gasteiger partial charge in [0.15, 0.2) is 0 Å². The lowest BCUT2D eigenvalue weighted by Gasteiger charge is -2.42. The molecule has 0 N–H and O–H groups in total. The van der Waals surface area contributed by atoms with Gasteiger partial charge in [-0.25, -0.2) is 0 Å². The van der Waals surface area contributed by atoms with Crippen molar-refractivity contribution in [1.82, 2.24) is 14.7 Å². The largest absolute Gasteiger partial charge is 0.372 e. The topological polar surface area (TPSA) is 53.1 Å². The Hall–Kier alpha value is -1.14. The van der Waals surface area contributed by atoms with E-state index >= 15 is 0 Å². The Bertz CT molecular complexity index is 485. The zero-order valence-corrected chi connectivity index (χ0v) is 17.0. The molecule has 3 rings (SSSR count). The number of piperidine rings is 2. The predicted octanol–water partition coefficient (Wildman–Crippen LogP) is 2.13. The van der Waals surface area contributed by atoms with Gasteiger partial charge in [-0.1, -0.05) is 13.3 Å². The lowest BCUT2D eigenvalue weighted by atomic mass is 9.93. The van der Waals surface area contributed by atoms with Crippen LogP contribution < -0.4 is 0 Å². The highest BCUT2D eigenvalue weighted by molar-refractivity contribution is 5.79. The number of rotatable bonds is 7. The van der Waals surface area contributed by atoms with E-state index in [0.717, 1.165) is 90.6 Å². The minimum absolute atomic E-state index is 0.130. The SMILES string of the molecule is CCCCOCC(=O)N1CCC(N2CCC[C@@H](C(=O)N3CCCC3)C2)CC1. The van der Waals surface area contributed by atoms with Crippen LogP contribution in [-0.2, 0) is 14.3 Å². The molecule has 2 amide bonds. The zero-order valence-electron chi connectivity index (χ0n) is 17.0. The fraction of sp³-hybridized carbons (Fsp3) is 0.905. The molecule has 154 valence electrons. The molecule has 27 heavy (non-hydrogen) atoms. The van der Waals surface area contributed by atoms with Crippen molar-refractivity contribution in [2.24, 2.45) is 5.92 Å². The number of ether oxygens (including phenoxy) is 1. The van der Waals surface area contributed by atoms with Gasteiger partial charge in [-0.3, -0.25) is 14.5 Å². The van der Waals surface area contributed by atoms with Crippen molar-refractivity contribution in [2.75, 3.05) is 52.5 Å². The van der Waals surface area contributed by atoms with Crippen LogP contribution in [0.1, 0.15) is 58.3 Å². The van der Waals surface area contributed by atoms with Crippen molar-refractivity contribution in [2.45, 2.75) is 64.3 Å². The number of amides is 2. The summed E-state index contributed by atoms with van der Waals surface area (Å²) in [7, 11) is 0. The Morgan fingerprint density at radius 1 is 0.926 bits per heavy atom. The van der Waals surface area contributed by atoms with E-state index in [1.165, 1.54) is 0 Å². The van der Waals surface area contributed by atoms with E-state index in [-0.39, 0.29) is 18.4 Å². The highest BCUT2D eigenvalue weighted by Gasteiger charge is 2.34. The average molecular weight is 380 g/mol. The molecule has 3 aliphatic rings. The van der Waals surface area contributed by atoms with E-state index in [9.17, 15) is 9.59 Å². The quantitative estimate of drug-likeness (QED) is 0.636. The fourth-order valence-corrected chi connectivity index (χ4v) is 4.71. The Morgan fingerprint density at radius 2 is 1.67 bits per heavy atom. The first-order chi connectivity index (χ1) is 13.2. The van der Waals surface area contributed by atoms with E-state index in [2.05, 4.69) is 16.7 Å². The maximum atomic E-state index is 12.7. The van der Waals surface area contributed by atoms with Gasteiger partial charge in [0.05, 0.1) is 5.92 Å². The summed E-state index contributed by atoms with van der Waals surface area (Å²) in [6.45, 7) is 8.59. The number of nitrogens with zero attached hydrogens (tertiary/aromatic N) is 3. The molecule has 1 atom stereocenters. The van der Waals surface area contributed by atoms with Crippen LogP contribution in [0.3, 0.4) is 0 Å². The summed E-state index contributed by atoms with van der Waals surface area (Å²) in [5, 5.41) is 0. The van der Waals surface area contributed by atoms with Crippen molar-refractivity contribution in [3.8, 4) is 0 Å². The van der Waals surface area contributed by atoms with Crippen molar-refractivity contribution in [1.29, 1.82) is 0 Å². The summed E-state index contributed by atoms with van der Waals surface area (Å²) in [4.78, 5) is 31.6. The maximum absolute atomic E-state index is 12.7. The van der Waals surface area contributed by atoms with Gasteiger partial charge in [0, 0.05) is 45.4 Å². The minimum atomic E-state index is 0.130. The molecule has 0 bridgehead atoms.